The highest BCUT2D eigenvalue weighted by Crippen LogP contribution is 2.21. The summed E-state index contributed by atoms with van der Waals surface area (Å²) in [5.41, 5.74) is 2.56. The first-order chi connectivity index (χ1) is 9.65. The molecule has 0 aliphatic rings. The Labute approximate surface area is 130 Å². The summed E-state index contributed by atoms with van der Waals surface area (Å²) >= 11 is 2.24. The maximum absolute atomic E-state index is 12.4. The summed E-state index contributed by atoms with van der Waals surface area (Å²) < 4.78 is 3.11. The lowest BCUT2D eigenvalue weighted by atomic mass is 10.1. The maximum atomic E-state index is 12.4. The molecular weight excluding hydrogens is 363 g/mol. The van der Waals surface area contributed by atoms with Gasteiger partial charge in [-0.1, -0.05) is 18.2 Å². The molecule has 3 aromatic rings. The molecule has 0 fully saturated rings. The Hall–Kier alpha value is -1.82. The van der Waals surface area contributed by atoms with Crippen LogP contribution in [-0.2, 0) is 7.05 Å². The summed E-state index contributed by atoms with van der Waals surface area (Å²) in [4.78, 5) is 12.4. The van der Waals surface area contributed by atoms with Gasteiger partial charge in [-0.25, -0.2) is 0 Å². The minimum Gasteiger partial charge on any atom is -0.350 e. The second kappa shape index (κ2) is 5.28. The molecule has 3 nitrogen and oxygen atoms in total. The molecule has 0 aliphatic heterocycles. The second-order valence-electron chi connectivity index (χ2n) is 4.63. The Morgan fingerprint density at radius 1 is 1.10 bits per heavy atom. The molecule has 0 unspecified atom stereocenters. The number of fused-ring (bicyclic) bond motifs is 1. The smallest absolute Gasteiger partial charge is 0.257 e. The topological polar surface area (TPSA) is 34.0 Å². The van der Waals surface area contributed by atoms with Gasteiger partial charge in [0, 0.05) is 33.4 Å². The molecule has 0 aliphatic carbocycles. The maximum Gasteiger partial charge on any atom is 0.257 e. The molecule has 0 bridgehead atoms. The quantitative estimate of drug-likeness (QED) is 0.674. The van der Waals surface area contributed by atoms with E-state index in [1.54, 1.807) is 0 Å². The van der Waals surface area contributed by atoms with Gasteiger partial charge in [-0.2, -0.15) is 0 Å². The molecule has 0 saturated heterocycles. The Balaban J connectivity index is 1.95. The van der Waals surface area contributed by atoms with Crippen LogP contribution in [0.25, 0.3) is 10.9 Å². The number of anilines is 1. The lowest BCUT2D eigenvalue weighted by molar-refractivity contribution is 0.102. The van der Waals surface area contributed by atoms with Crippen molar-refractivity contribution < 1.29 is 4.79 Å². The number of nitrogens with one attached hydrogen (secondary N) is 1. The molecule has 100 valence electrons. The van der Waals surface area contributed by atoms with Crippen molar-refractivity contribution in [3.8, 4) is 0 Å². The highest BCUT2D eigenvalue weighted by molar-refractivity contribution is 14.1. The van der Waals surface area contributed by atoms with Crippen LogP contribution in [0.4, 0.5) is 5.69 Å². The van der Waals surface area contributed by atoms with Crippen LogP contribution in [0.2, 0.25) is 0 Å². The van der Waals surface area contributed by atoms with Crippen molar-refractivity contribution in [1.82, 2.24) is 4.57 Å². The van der Waals surface area contributed by atoms with Crippen LogP contribution in [0.5, 0.6) is 0 Å². The highest BCUT2D eigenvalue weighted by atomic mass is 127. The van der Waals surface area contributed by atoms with Gasteiger partial charge < -0.3 is 9.88 Å². The fourth-order valence-corrected chi connectivity index (χ4v) is 2.61. The SMILES string of the molecule is Cn1cc(C(=O)Nc2ccc(I)cc2)c2ccccc21. The van der Waals surface area contributed by atoms with Crippen molar-refractivity contribution in [2.45, 2.75) is 0 Å². The third-order valence-electron chi connectivity index (χ3n) is 3.24. The molecule has 1 heterocycles. The van der Waals surface area contributed by atoms with Crippen LogP contribution < -0.4 is 5.32 Å². The number of hydrogen-bond acceptors (Lipinski definition) is 1. The summed E-state index contributed by atoms with van der Waals surface area (Å²) in [6.07, 6.45) is 1.87. The zero-order valence-electron chi connectivity index (χ0n) is 10.9. The van der Waals surface area contributed by atoms with Gasteiger partial charge in [0.2, 0.25) is 0 Å². The number of aryl methyl sites for hydroxylation is 1. The van der Waals surface area contributed by atoms with E-state index in [4.69, 9.17) is 0 Å². The second-order valence-corrected chi connectivity index (χ2v) is 5.88. The fourth-order valence-electron chi connectivity index (χ4n) is 2.25. The van der Waals surface area contributed by atoms with Crippen LogP contribution in [0.1, 0.15) is 10.4 Å². The van der Waals surface area contributed by atoms with Gasteiger partial charge in [-0.3, -0.25) is 4.79 Å². The molecule has 20 heavy (non-hydrogen) atoms. The van der Waals surface area contributed by atoms with Crippen LogP contribution in [-0.4, -0.2) is 10.5 Å². The van der Waals surface area contributed by atoms with E-state index >= 15 is 0 Å². The van der Waals surface area contributed by atoms with Crippen LogP contribution in [0.3, 0.4) is 0 Å². The minimum absolute atomic E-state index is 0.0805. The number of amides is 1. The molecular formula is C16H13IN2O. The number of halogens is 1. The Kier molecular flexibility index (Phi) is 3.48. The number of hydrogen-bond donors (Lipinski definition) is 1. The first-order valence-electron chi connectivity index (χ1n) is 6.26. The summed E-state index contributed by atoms with van der Waals surface area (Å²) in [6, 6.07) is 15.7. The van der Waals surface area contributed by atoms with Gasteiger partial charge in [0.1, 0.15) is 0 Å². The zero-order valence-corrected chi connectivity index (χ0v) is 13.1. The molecule has 0 radical (unpaired) electrons. The first kappa shape index (κ1) is 13.2. The van der Waals surface area contributed by atoms with Gasteiger partial charge in [0.15, 0.2) is 0 Å². The van der Waals surface area contributed by atoms with E-state index in [0.717, 1.165) is 20.2 Å². The van der Waals surface area contributed by atoms with Crippen molar-refractivity contribution >= 4 is 45.1 Å². The molecule has 0 spiro atoms. The summed E-state index contributed by atoms with van der Waals surface area (Å²) in [6.45, 7) is 0. The molecule has 0 atom stereocenters. The predicted molar refractivity (Wildman–Crippen MR) is 90.0 cm³/mol. The third kappa shape index (κ3) is 2.43. The molecule has 2 aromatic carbocycles. The Bertz CT molecular complexity index is 775. The predicted octanol–water partition coefficient (Wildman–Crippen LogP) is 4.04. The van der Waals surface area contributed by atoms with Crippen LogP contribution in [0, 0.1) is 3.57 Å². The number of aromatic nitrogens is 1. The van der Waals surface area contributed by atoms with Crippen molar-refractivity contribution in [1.29, 1.82) is 0 Å². The van der Waals surface area contributed by atoms with E-state index in [2.05, 4.69) is 27.9 Å². The molecule has 1 N–H and O–H groups in total. The van der Waals surface area contributed by atoms with Gasteiger partial charge in [0.25, 0.3) is 5.91 Å². The number of rotatable bonds is 2. The lowest BCUT2D eigenvalue weighted by Crippen LogP contribution is -2.11. The zero-order chi connectivity index (χ0) is 14.1. The molecule has 0 saturated carbocycles. The molecule has 1 aromatic heterocycles. The fraction of sp³-hybridized carbons (Fsp3) is 0.0625. The van der Waals surface area contributed by atoms with Gasteiger partial charge in [-0.05, 0) is 52.9 Å². The summed E-state index contributed by atoms with van der Waals surface area (Å²) in [5.74, 6) is -0.0805. The first-order valence-corrected chi connectivity index (χ1v) is 7.34. The Morgan fingerprint density at radius 3 is 2.55 bits per heavy atom. The summed E-state index contributed by atoms with van der Waals surface area (Å²) in [5, 5.41) is 3.91. The highest BCUT2D eigenvalue weighted by Gasteiger charge is 2.13. The van der Waals surface area contributed by atoms with Gasteiger partial charge in [0.05, 0.1) is 5.56 Å². The van der Waals surface area contributed by atoms with Crippen LogP contribution in [0.15, 0.2) is 54.7 Å². The average molecular weight is 376 g/mol. The summed E-state index contributed by atoms with van der Waals surface area (Å²) in [7, 11) is 1.95. The number of carbonyl (C=O) groups excluding carboxylic acids is 1. The minimum atomic E-state index is -0.0805. The van der Waals surface area contributed by atoms with Gasteiger partial charge in [-0.15, -0.1) is 0 Å². The monoisotopic (exact) mass is 376 g/mol. The number of nitrogens with zero attached hydrogens (tertiary/aromatic N) is 1. The van der Waals surface area contributed by atoms with E-state index in [1.807, 2.05) is 66.3 Å². The third-order valence-corrected chi connectivity index (χ3v) is 3.96. The van der Waals surface area contributed by atoms with Crippen molar-refractivity contribution in [2.24, 2.45) is 7.05 Å². The van der Waals surface area contributed by atoms with E-state index in [0.29, 0.717) is 5.56 Å². The van der Waals surface area contributed by atoms with E-state index in [1.165, 1.54) is 0 Å². The average Bonchev–Trinajstić information content (AvgIpc) is 2.79. The molecule has 1 amide bonds. The largest absolute Gasteiger partial charge is 0.350 e. The van der Waals surface area contributed by atoms with Gasteiger partial charge >= 0.3 is 0 Å². The normalized spacial score (nSPS) is 10.7. The molecule has 3 rings (SSSR count). The number of benzene rings is 2. The standard InChI is InChI=1S/C16H13IN2O/c1-19-10-14(13-4-2-3-5-15(13)19)16(20)18-12-8-6-11(17)7-9-12/h2-10H,1H3,(H,18,20). The Morgan fingerprint density at radius 2 is 1.80 bits per heavy atom. The van der Waals surface area contributed by atoms with E-state index in [-0.39, 0.29) is 5.91 Å². The van der Waals surface area contributed by atoms with E-state index in [9.17, 15) is 4.79 Å². The van der Waals surface area contributed by atoms with Crippen molar-refractivity contribution in [2.75, 3.05) is 5.32 Å². The lowest BCUT2D eigenvalue weighted by Gasteiger charge is -2.04. The number of carbonyl (C=O) groups is 1. The van der Waals surface area contributed by atoms with Crippen LogP contribution >= 0.6 is 22.6 Å². The van der Waals surface area contributed by atoms with E-state index < -0.39 is 0 Å². The molecule has 4 heteroatoms. The van der Waals surface area contributed by atoms with Crippen molar-refractivity contribution in [3.63, 3.8) is 0 Å². The van der Waals surface area contributed by atoms with Crippen molar-refractivity contribution in [3.05, 3.63) is 63.9 Å². The number of para-hydroxylation sites is 1.